The van der Waals surface area contributed by atoms with Crippen molar-refractivity contribution in [1.29, 1.82) is 0 Å². The van der Waals surface area contributed by atoms with Gasteiger partial charge < -0.3 is 15.0 Å². The number of aromatic nitrogens is 3. The van der Waals surface area contributed by atoms with Gasteiger partial charge in [-0.2, -0.15) is 13.2 Å². The quantitative estimate of drug-likeness (QED) is 0.775. The Morgan fingerprint density at radius 2 is 2.25 bits per heavy atom. The van der Waals surface area contributed by atoms with Gasteiger partial charge >= 0.3 is 6.18 Å². The van der Waals surface area contributed by atoms with Crippen LogP contribution in [0.1, 0.15) is 12.7 Å². The van der Waals surface area contributed by atoms with Crippen molar-refractivity contribution >= 4 is 0 Å². The number of alkyl halides is 3. The number of hydrogen-bond acceptors (Lipinski definition) is 4. The van der Waals surface area contributed by atoms with Crippen LogP contribution >= 0.6 is 0 Å². The van der Waals surface area contributed by atoms with Crippen molar-refractivity contribution in [1.82, 2.24) is 20.1 Å². The Bertz CT molecular complexity index is 325. The number of halogens is 3. The van der Waals surface area contributed by atoms with Gasteiger partial charge in [-0.05, 0) is 6.92 Å². The molecule has 0 saturated heterocycles. The average molecular weight is 238 g/mol. The first-order valence-electron chi connectivity index (χ1n) is 4.77. The van der Waals surface area contributed by atoms with Gasteiger partial charge in [-0.25, -0.2) is 0 Å². The Morgan fingerprint density at radius 3 is 2.81 bits per heavy atom. The standard InChI is InChI=1S/C8H13F3N4O/c1-2-15-5-13-14-7(15)4-12-3-6(16)8(9,10)11/h5-6,12,16H,2-4H2,1H3. The summed E-state index contributed by atoms with van der Waals surface area (Å²) < 4.78 is 37.5. The average Bonchev–Trinajstić information content (AvgIpc) is 2.63. The van der Waals surface area contributed by atoms with Gasteiger partial charge in [0.15, 0.2) is 6.10 Å². The Labute approximate surface area is 90.3 Å². The first-order chi connectivity index (χ1) is 7.45. The molecule has 1 unspecified atom stereocenters. The lowest BCUT2D eigenvalue weighted by molar-refractivity contribution is -0.201. The van der Waals surface area contributed by atoms with E-state index >= 15 is 0 Å². The summed E-state index contributed by atoms with van der Waals surface area (Å²) in [5, 5.41) is 18.5. The summed E-state index contributed by atoms with van der Waals surface area (Å²) in [5.41, 5.74) is 0. The molecule has 0 amide bonds. The second-order valence-corrected chi connectivity index (χ2v) is 3.22. The molecule has 0 saturated carbocycles. The van der Waals surface area contributed by atoms with E-state index < -0.39 is 18.8 Å². The molecule has 92 valence electrons. The molecule has 2 N–H and O–H groups in total. The van der Waals surface area contributed by atoms with E-state index in [0.29, 0.717) is 12.4 Å². The fraction of sp³-hybridized carbons (Fsp3) is 0.750. The predicted molar refractivity (Wildman–Crippen MR) is 49.5 cm³/mol. The minimum absolute atomic E-state index is 0.140. The SMILES string of the molecule is CCn1cnnc1CNCC(O)C(F)(F)F. The van der Waals surface area contributed by atoms with Crippen molar-refractivity contribution in [2.75, 3.05) is 6.54 Å². The molecule has 0 bridgehead atoms. The minimum atomic E-state index is -4.59. The summed E-state index contributed by atoms with van der Waals surface area (Å²) in [6.45, 7) is 2.10. The predicted octanol–water partition coefficient (Wildman–Crippen LogP) is 0.311. The minimum Gasteiger partial charge on any atom is -0.382 e. The van der Waals surface area contributed by atoms with Gasteiger partial charge in [0, 0.05) is 13.1 Å². The molecule has 8 heteroatoms. The van der Waals surface area contributed by atoms with Crippen LogP contribution in [0.5, 0.6) is 0 Å². The van der Waals surface area contributed by atoms with Crippen LogP contribution in [0, 0.1) is 0 Å². The molecule has 1 heterocycles. The van der Waals surface area contributed by atoms with Crippen LogP contribution in [-0.4, -0.2) is 38.7 Å². The summed E-state index contributed by atoms with van der Waals surface area (Å²) in [5.74, 6) is 0.539. The second kappa shape index (κ2) is 5.26. The molecule has 0 aliphatic rings. The number of nitrogens with zero attached hydrogens (tertiary/aromatic N) is 3. The van der Waals surface area contributed by atoms with E-state index in [9.17, 15) is 13.2 Å². The Kier molecular flexibility index (Phi) is 4.25. The summed E-state index contributed by atoms with van der Waals surface area (Å²) in [4.78, 5) is 0. The molecule has 1 rings (SSSR count). The molecule has 1 aromatic rings. The molecular weight excluding hydrogens is 225 g/mol. The number of aliphatic hydroxyl groups is 1. The van der Waals surface area contributed by atoms with Crippen molar-refractivity contribution in [2.24, 2.45) is 0 Å². The molecule has 16 heavy (non-hydrogen) atoms. The fourth-order valence-electron chi connectivity index (χ4n) is 1.12. The van der Waals surface area contributed by atoms with Crippen LogP contribution in [-0.2, 0) is 13.1 Å². The highest BCUT2D eigenvalue weighted by Crippen LogP contribution is 2.19. The highest BCUT2D eigenvalue weighted by atomic mass is 19.4. The monoisotopic (exact) mass is 238 g/mol. The molecule has 0 fully saturated rings. The molecule has 0 radical (unpaired) electrons. The highest BCUT2D eigenvalue weighted by molar-refractivity contribution is 4.85. The topological polar surface area (TPSA) is 63.0 Å². The lowest BCUT2D eigenvalue weighted by atomic mass is 10.3. The molecule has 1 atom stereocenters. The zero-order valence-corrected chi connectivity index (χ0v) is 8.70. The van der Waals surface area contributed by atoms with Crippen LogP contribution in [0.4, 0.5) is 13.2 Å². The van der Waals surface area contributed by atoms with Crippen LogP contribution in [0.3, 0.4) is 0 Å². The van der Waals surface area contributed by atoms with Gasteiger partial charge in [0.25, 0.3) is 0 Å². The lowest BCUT2D eigenvalue weighted by Gasteiger charge is -2.14. The Balaban J connectivity index is 2.36. The highest BCUT2D eigenvalue weighted by Gasteiger charge is 2.37. The molecule has 0 spiro atoms. The number of nitrogens with one attached hydrogen (secondary N) is 1. The van der Waals surface area contributed by atoms with Crippen LogP contribution < -0.4 is 5.32 Å². The van der Waals surface area contributed by atoms with E-state index in [-0.39, 0.29) is 6.54 Å². The summed E-state index contributed by atoms with van der Waals surface area (Å²) in [6.07, 6.45) is -5.45. The van der Waals surface area contributed by atoms with E-state index in [4.69, 9.17) is 5.11 Å². The van der Waals surface area contributed by atoms with E-state index in [0.717, 1.165) is 0 Å². The maximum atomic E-state index is 11.9. The van der Waals surface area contributed by atoms with Gasteiger partial charge in [0.1, 0.15) is 12.2 Å². The fourth-order valence-corrected chi connectivity index (χ4v) is 1.12. The first kappa shape index (κ1) is 12.9. The molecular formula is C8H13F3N4O. The van der Waals surface area contributed by atoms with Crippen molar-refractivity contribution in [3.8, 4) is 0 Å². The maximum Gasteiger partial charge on any atom is 0.415 e. The summed E-state index contributed by atoms with van der Waals surface area (Å²) >= 11 is 0. The number of hydrogen-bond donors (Lipinski definition) is 2. The molecule has 0 aliphatic heterocycles. The summed E-state index contributed by atoms with van der Waals surface area (Å²) in [7, 11) is 0. The molecule has 1 aromatic heterocycles. The van der Waals surface area contributed by atoms with Crippen LogP contribution in [0.2, 0.25) is 0 Å². The van der Waals surface area contributed by atoms with Crippen molar-refractivity contribution in [3.05, 3.63) is 12.2 Å². The van der Waals surface area contributed by atoms with Crippen molar-refractivity contribution in [3.63, 3.8) is 0 Å². The van der Waals surface area contributed by atoms with Gasteiger partial charge in [0.2, 0.25) is 0 Å². The molecule has 0 aliphatic carbocycles. The van der Waals surface area contributed by atoms with Crippen molar-refractivity contribution in [2.45, 2.75) is 32.3 Å². The van der Waals surface area contributed by atoms with Crippen molar-refractivity contribution < 1.29 is 18.3 Å². The smallest absolute Gasteiger partial charge is 0.382 e. The third kappa shape index (κ3) is 3.46. The third-order valence-corrected chi connectivity index (χ3v) is 2.04. The van der Waals surface area contributed by atoms with E-state index in [1.807, 2.05) is 6.92 Å². The van der Waals surface area contributed by atoms with E-state index in [1.54, 1.807) is 4.57 Å². The summed E-state index contributed by atoms with van der Waals surface area (Å²) in [6, 6.07) is 0. The molecule has 0 aromatic carbocycles. The van der Waals surface area contributed by atoms with E-state index in [1.165, 1.54) is 6.33 Å². The number of aliphatic hydroxyl groups excluding tert-OH is 1. The third-order valence-electron chi connectivity index (χ3n) is 2.04. The van der Waals surface area contributed by atoms with Gasteiger partial charge in [-0.1, -0.05) is 0 Å². The number of aryl methyl sites for hydroxylation is 1. The van der Waals surface area contributed by atoms with Gasteiger partial charge in [-0.15, -0.1) is 10.2 Å². The number of rotatable bonds is 5. The maximum absolute atomic E-state index is 11.9. The zero-order chi connectivity index (χ0) is 12.2. The zero-order valence-electron chi connectivity index (χ0n) is 8.70. The second-order valence-electron chi connectivity index (χ2n) is 3.22. The van der Waals surface area contributed by atoms with E-state index in [2.05, 4.69) is 15.5 Å². The Hall–Kier alpha value is -1.15. The molecule has 5 nitrogen and oxygen atoms in total. The van der Waals surface area contributed by atoms with Crippen LogP contribution in [0.15, 0.2) is 6.33 Å². The first-order valence-corrected chi connectivity index (χ1v) is 4.77. The normalized spacial score (nSPS) is 14.1. The largest absolute Gasteiger partial charge is 0.415 e. The Morgan fingerprint density at radius 1 is 1.56 bits per heavy atom. The van der Waals surface area contributed by atoms with Gasteiger partial charge in [0.05, 0.1) is 6.54 Å². The lowest BCUT2D eigenvalue weighted by Crippen LogP contribution is -2.38. The van der Waals surface area contributed by atoms with Gasteiger partial charge in [-0.3, -0.25) is 0 Å². The van der Waals surface area contributed by atoms with Crippen LogP contribution in [0.25, 0.3) is 0 Å².